The number of nitrogens with one attached hydrogen (secondary N) is 1. The molecule has 0 radical (unpaired) electrons. The Kier molecular flexibility index (Phi) is 5.62. The van der Waals surface area contributed by atoms with Crippen molar-refractivity contribution in [3.8, 4) is 28.0 Å². The number of hydrogen-bond donors (Lipinski definition) is 1. The number of fused-ring (bicyclic) bond motifs is 1. The van der Waals surface area contributed by atoms with E-state index in [0.717, 1.165) is 34.0 Å². The van der Waals surface area contributed by atoms with Gasteiger partial charge in [-0.25, -0.2) is 9.97 Å². The van der Waals surface area contributed by atoms with Crippen LogP contribution in [0, 0.1) is 0 Å². The van der Waals surface area contributed by atoms with Crippen molar-refractivity contribution in [2.45, 2.75) is 6.42 Å². The van der Waals surface area contributed by atoms with Crippen LogP contribution in [0.2, 0.25) is 0 Å². The van der Waals surface area contributed by atoms with E-state index in [1.807, 2.05) is 55.4 Å². The second-order valence-corrected chi connectivity index (χ2v) is 8.51. The summed E-state index contributed by atoms with van der Waals surface area (Å²) in [5.41, 5.74) is 3.80. The molecule has 1 aliphatic heterocycles. The standard InChI is InChI=1S/C24H21N5O3S/c1-29(2)17-4-3-5-18(11-17)32-23-19(12-25-14-26-23)27-22(30)20-13-33-24(28-20)16-6-7-21-15(10-16)8-9-31-21/h3-7,10-14H,8-9H2,1-2H3,(H,27,30). The lowest BCUT2D eigenvalue weighted by Gasteiger charge is -2.14. The average molecular weight is 460 g/mol. The fraction of sp³-hybridized carbons (Fsp3) is 0.167. The molecule has 0 unspecified atom stereocenters. The molecule has 0 atom stereocenters. The maximum Gasteiger partial charge on any atom is 0.275 e. The van der Waals surface area contributed by atoms with E-state index < -0.39 is 0 Å². The summed E-state index contributed by atoms with van der Waals surface area (Å²) in [5.74, 6) is 1.42. The van der Waals surface area contributed by atoms with Gasteiger partial charge in [0.25, 0.3) is 5.91 Å². The van der Waals surface area contributed by atoms with Crippen LogP contribution >= 0.6 is 11.3 Å². The van der Waals surface area contributed by atoms with Gasteiger partial charge in [0.1, 0.15) is 34.2 Å². The topological polar surface area (TPSA) is 89.5 Å². The van der Waals surface area contributed by atoms with Crippen LogP contribution in [0.25, 0.3) is 10.6 Å². The van der Waals surface area contributed by atoms with Crippen molar-refractivity contribution in [3.05, 3.63) is 71.6 Å². The molecule has 33 heavy (non-hydrogen) atoms. The van der Waals surface area contributed by atoms with Crippen molar-refractivity contribution < 1.29 is 14.3 Å². The number of ether oxygens (including phenoxy) is 2. The second kappa shape index (κ2) is 8.87. The zero-order chi connectivity index (χ0) is 22.8. The van der Waals surface area contributed by atoms with Crippen molar-refractivity contribution >= 4 is 28.6 Å². The van der Waals surface area contributed by atoms with Crippen LogP contribution in [0.3, 0.4) is 0 Å². The summed E-state index contributed by atoms with van der Waals surface area (Å²) in [6.07, 6.45) is 3.76. The fourth-order valence-corrected chi connectivity index (χ4v) is 4.24. The zero-order valence-electron chi connectivity index (χ0n) is 18.1. The van der Waals surface area contributed by atoms with E-state index >= 15 is 0 Å². The molecule has 3 heterocycles. The van der Waals surface area contributed by atoms with E-state index in [0.29, 0.717) is 23.7 Å². The summed E-state index contributed by atoms with van der Waals surface area (Å²) in [5, 5.41) is 5.33. The molecule has 0 saturated heterocycles. The summed E-state index contributed by atoms with van der Waals surface area (Å²) < 4.78 is 11.5. The average Bonchev–Trinajstić information content (AvgIpc) is 3.50. The number of carbonyl (C=O) groups excluding carboxylic acids is 1. The molecular weight excluding hydrogens is 438 g/mol. The number of benzene rings is 2. The third-order valence-electron chi connectivity index (χ3n) is 5.15. The van der Waals surface area contributed by atoms with Crippen molar-refractivity contribution in [2.24, 2.45) is 0 Å². The van der Waals surface area contributed by atoms with Crippen molar-refractivity contribution in [3.63, 3.8) is 0 Å². The Morgan fingerprint density at radius 2 is 2.12 bits per heavy atom. The summed E-state index contributed by atoms with van der Waals surface area (Å²) in [4.78, 5) is 27.6. The lowest BCUT2D eigenvalue weighted by atomic mass is 10.1. The molecule has 0 fully saturated rings. The lowest BCUT2D eigenvalue weighted by molar-refractivity contribution is 0.102. The van der Waals surface area contributed by atoms with Crippen LogP contribution in [0.15, 0.2) is 60.4 Å². The van der Waals surface area contributed by atoms with Gasteiger partial charge in [0.2, 0.25) is 5.88 Å². The number of anilines is 2. The van der Waals surface area contributed by atoms with Gasteiger partial charge in [-0.2, -0.15) is 4.98 Å². The highest BCUT2D eigenvalue weighted by Crippen LogP contribution is 2.33. The van der Waals surface area contributed by atoms with E-state index in [2.05, 4.69) is 26.3 Å². The van der Waals surface area contributed by atoms with Gasteiger partial charge in [-0.05, 0) is 35.9 Å². The van der Waals surface area contributed by atoms with Crippen LogP contribution in [0.4, 0.5) is 11.4 Å². The fourth-order valence-electron chi connectivity index (χ4n) is 3.44. The molecule has 0 spiro atoms. The first-order valence-electron chi connectivity index (χ1n) is 10.3. The number of rotatable bonds is 6. The molecular formula is C24H21N5O3S. The lowest BCUT2D eigenvalue weighted by Crippen LogP contribution is -2.13. The molecule has 0 aliphatic carbocycles. The van der Waals surface area contributed by atoms with E-state index in [4.69, 9.17) is 9.47 Å². The summed E-state index contributed by atoms with van der Waals surface area (Å²) in [7, 11) is 3.90. The first kappa shape index (κ1) is 20.9. The van der Waals surface area contributed by atoms with E-state index in [-0.39, 0.29) is 11.8 Å². The van der Waals surface area contributed by atoms with Gasteiger partial charge in [0.05, 0.1) is 12.8 Å². The number of amides is 1. The molecule has 5 rings (SSSR count). The molecule has 8 nitrogen and oxygen atoms in total. The van der Waals surface area contributed by atoms with E-state index in [1.165, 1.54) is 23.9 Å². The van der Waals surface area contributed by atoms with Gasteiger partial charge < -0.3 is 19.7 Å². The smallest absolute Gasteiger partial charge is 0.275 e. The first-order chi connectivity index (χ1) is 16.1. The Balaban J connectivity index is 1.33. The summed E-state index contributed by atoms with van der Waals surface area (Å²) >= 11 is 1.42. The first-order valence-corrected chi connectivity index (χ1v) is 11.2. The van der Waals surface area contributed by atoms with Gasteiger partial charge >= 0.3 is 0 Å². The maximum atomic E-state index is 12.9. The largest absolute Gasteiger partial charge is 0.493 e. The van der Waals surface area contributed by atoms with Crippen LogP contribution < -0.4 is 19.7 Å². The maximum absolute atomic E-state index is 12.9. The zero-order valence-corrected chi connectivity index (χ0v) is 18.9. The quantitative estimate of drug-likeness (QED) is 0.449. The molecule has 9 heteroatoms. The molecule has 1 aliphatic rings. The SMILES string of the molecule is CN(C)c1cccc(Oc2ncncc2NC(=O)c2csc(-c3ccc4c(c3)CCO4)n2)c1. The Labute approximate surface area is 194 Å². The predicted molar refractivity (Wildman–Crippen MR) is 128 cm³/mol. The Morgan fingerprint density at radius 1 is 1.21 bits per heavy atom. The van der Waals surface area contributed by atoms with Gasteiger partial charge in [0, 0.05) is 43.2 Å². The Morgan fingerprint density at radius 3 is 3.00 bits per heavy atom. The van der Waals surface area contributed by atoms with E-state index in [1.54, 1.807) is 5.38 Å². The molecule has 0 bridgehead atoms. The second-order valence-electron chi connectivity index (χ2n) is 7.65. The van der Waals surface area contributed by atoms with Gasteiger partial charge in [0.15, 0.2) is 0 Å². The van der Waals surface area contributed by atoms with Crippen LogP contribution in [-0.4, -0.2) is 41.6 Å². The molecule has 4 aromatic rings. The number of nitrogens with zero attached hydrogens (tertiary/aromatic N) is 4. The predicted octanol–water partition coefficient (Wildman–Crippen LogP) is 4.65. The highest BCUT2D eigenvalue weighted by atomic mass is 32.1. The number of carbonyl (C=O) groups is 1. The molecule has 1 amide bonds. The van der Waals surface area contributed by atoms with Crippen molar-refractivity contribution in [1.82, 2.24) is 15.0 Å². The minimum atomic E-state index is -0.358. The Hall–Kier alpha value is -3.98. The van der Waals surface area contributed by atoms with Gasteiger partial charge in [-0.3, -0.25) is 4.79 Å². The number of hydrogen-bond acceptors (Lipinski definition) is 8. The minimum Gasteiger partial charge on any atom is -0.493 e. The van der Waals surface area contributed by atoms with Crippen molar-refractivity contribution in [2.75, 3.05) is 30.9 Å². The molecule has 166 valence electrons. The minimum absolute atomic E-state index is 0.253. The number of thiazole rings is 1. The number of aromatic nitrogens is 3. The highest BCUT2D eigenvalue weighted by molar-refractivity contribution is 7.13. The van der Waals surface area contributed by atoms with Crippen LogP contribution in [-0.2, 0) is 6.42 Å². The molecule has 1 N–H and O–H groups in total. The summed E-state index contributed by atoms with van der Waals surface area (Å²) in [6.45, 7) is 0.702. The Bertz CT molecular complexity index is 1320. The van der Waals surface area contributed by atoms with Crippen LogP contribution in [0.1, 0.15) is 16.1 Å². The molecule has 2 aromatic heterocycles. The molecule has 0 saturated carbocycles. The monoisotopic (exact) mass is 459 g/mol. The third-order valence-corrected chi connectivity index (χ3v) is 6.04. The highest BCUT2D eigenvalue weighted by Gasteiger charge is 2.18. The van der Waals surface area contributed by atoms with Gasteiger partial charge in [-0.1, -0.05) is 6.07 Å². The van der Waals surface area contributed by atoms with Crippen molar-refractivity contribution in [1.29, 1.82) is 0 Å². The summed E-state index contributed by atoms with van der Waals surface area (Å²) in [6, 6.07) is 13.6. The van der Waals surface area contributed by atoms with Gasteiger partial charge in [-0.15, -0.1) is 11.3 Å². The van der Waals surface area contributed by atoms with E-state index in [9.17, 15) is 4.79 Å². The normalized spacial score (nSPS) is 12.1. The van der Waals surface area contributed by atoms with Crippen LogP contribution in [0.5, 0.6) is 17.4 Å². The molecule has 2 aromatic carbocycles. The third kappa shape index (κ3) is 4.49.